The van der Waals surface area contributed by atoms with E-state index in [1.165, 1.54) is 32.6 Å². The molecular weight excluding hydrogens is 411 g/mol. The van der Waals surface area contributed by atoms with Crippen molar-refractivity contribution in [3.63, 3.8) is 0 Å². The Labute approximate surface area is 215 Å². The van der Waals surface area contributed by atoms with Crippen molar-refractivity contribution >= 4 is 30.6 Å². The molecule has 0 nitrogen and oxygen atoms in total. The predicted molar refractivity (Wildman–Crippen MR) is 135 cm³/mol. The van der Waals surface area contributed by atoms with Gasteiger partial charge in [0.25, 0.3) is 0 Å². The second-order valence-electron chi connectivity index (χ2n) is 8.53. The molecule has 4 aromatic carbocycles. The summed E-state index contributed by atoms with van der Waals surface area (Å²) < 4.78 is 0. The second-order valence-corrected chi connectivity index (χ2v) is 12.7. The molecule has 2 atom stereocenters. The van der Waals surface area contributed by atoms with Crippen LogP contribution >= 0.6 is 0 Å². The van der Waals surface area contributed by atoms with Gasteiger partial charge in [-0.15, -0.1) is 0 Å². The molecule has 2 aliphatic carbocycles. The van der Waals surface area contributed by atoms with Crippen LogP contribution in [0.25, 0.3) is 12.2 Å². The normalized spacial score (nSPS) is 18.1. The molecule has 0 fully saturated rings. The molecule has 0 radical (unpaired) electrons. The van der Waals surface area contributed by atoms with Crippen molar-refractivity contribution in [1.29, 1.82) is 0 Å². The third-order valence-electron chi connectivity index (χ3n) is 7.08. The fraction of sp³-hybridized carbons (Fsp3) is 0.0667. The molecule has 0 aliphatic heterocycles. The Morgan fingerprint density at radius 3 is 1.28 bits per heavy atom. The van der Waals surface area contributed by atoms with Crippen LogP contribution in [0, 0.1) is 0 Å². The largest absolute Gasteiger partial charge is 1.00 e. The molecule has 2 unspecified atom stereocenters. The molecule has 2 heteroatoms. The minimum absolute atomic E-state index is 0. The minimum atomic E-state index is -2.36. The molecule has 0 saturated carbocycles. The molecule has 4 aromatic rings. The van der Waals surface area contributed by atoms with Crippen molar-refractivity contribution in [1.82, 2.24) is 0 Å². The van der Waals surface area contributed by atoms with Crippen molar-refractivity contribution in [2.45, 2.75) is 11.1 Å². The smallest absolute Gasteiger partial charge is 1.00 e. The van der Waals surface area contributed by atoms with Crippen molar-refractivity contribution < 1.29 is 31.0 Å². The van der Waals surface area contributed by atoms with Crippen LogP contribution in [0.15, 0.2) is 121 Å². The third-order valence-corrected chi connectivity index (χ3v) is 12.6. The summed E-state index contributed by atoms with van der Waals surface area (Å²) in [6.45, 7) is 0. The van der Waals surface area contributed by atoms with Crippen LogP contribution in [-0.2, 0) is 0 Å². The summed E-state index contributed by atoms with van der Waals surface area (Å²) in [5, 5.41) is 3.00. The first kappa shape index (κ1) is 21.4. The molecule has 2 aliphatic rings. The molecule has 0 amide bonds. The Morgan fingerprint density at radius 2 is 0.844 bits per heavy atom. The molecular formula is C30H25NaSi. The summed E-state index contributed by atoms with van der Waals surface area (Å²) in [6.07, 6.45) is 9.67. The van der Waals surface area contributed by atoms with Crippen LogP contribution in [0.1, 0.15) is 34.8 Å². The number of fused-ring (bicyclic) bond motifs is 2. The van der Waals surface area contributed by atoms with Gasteiger partial charge in [0.1, 0.15) is 8.07 Å². The summed E-state index contributed by atoms with van der Waals surface area (Å²) in [6, 6.07) is 40.6. The molecule has 150 valence electrons. The van der Waals surface area contributed by atoms with Crippen molar-refractivity contribution in [3.8, 4) is 0 Å². The van der Waals surface area contributed by atoms with E-state index in [-0.39, 0.29) is 31.0 Å². The van der Waals surface area contributed by atoms with Gasteiger partial charge in [0.2, 0.25) is 0 Å². The van der Waals surface area contributed by atoms with E-state index in [0.29, 0.717) is 11.1 Å². The number of rotatable bonds is 4. The van der Waals surface area contributed by atoms with Gasteiger partial charge in [0, 0.05) is 11.1 Å². The van der Waals surface area contributed by atoms with E-state index in [9.17, 15) is 0 Å². The van der Waals surface area contributed by atoms with Crippen LogP contribution in [-0.4, -0.2) is 8.07 Å². The van der Waals surface area contributed by atoms with Crippen LogP contribution in [0.2, 0.25) is 0 Å². The van der Waals surface area contributed by atoms with E-state index in [1.807, 2.05) is 0 Å². The molecule has 0 heterocycles. The van der Waals surface area contributed by atoms with E-state index in [4.69, 9.17) is 0 Å². The zero-order chi connectivity index (χ0) is 20.7. The Hall–Kier alpha value is -2.42. The maximum atomic E-state index is 2.49. The summed E-state index contributed by atoms with van der Waals surface area (Å²) in [4.78, 5) is 0. The molecule has 32 heavy (non-hydrogen) atoms. The summed E-state index contributed by atoms with van der Waals surface area (Å²) in [5.41, 5.74) is 6.45. The Bertz CT molecular complexity index is 1190. The van der Waals surface area contributed by atoms with E-state index in [0.717, 1.165) is 0 Å². The van der Waals surface area contributed by atoms with Crippen LogP contribution in [0.4, 0.5) is 0 Å². The monoisotopic (exact) mass is 436 g/mol. The third kappa shape index (κ3) is 3.24. The predicted octanol–water partition coefficient (Wildman–Crippen LogP) is 3.07. The first-order valence-corrected chi connectivity index (χ1v) is 13.2. The molecule has 6 rings (SSSR count). The zero-order valence-electron chi connectivity index (χ0n) is 19.4. The van der Waals surface area contributed by atoms with Crippen molar-refractivity contribution in [2.75, 3.05) is 0 Å². The summed E-state index contributed by atoms with van der Waals surface area (Å²) in [7, 11) is -2.36. The zero-order valence-corrected chi connectivity index (χ0v) is 21.4. The van der Waals surface area contributed by atoms with Crippen molar-refractivity contribution in [3.05, 3.63) is 144 Å². The topological polar surface area (TPSA) is 0 Å². The van der Waals surface area contributed by atoms with Crippen LogP contribution < -0.4 is 39.9 Å². The fourth-order valence-electron chi connectivity index (χ4n) is 5.80. The number of benzene rings is 4. The van der Waals surface area contributed by atoms with Gasteiger partial charge >= 0.3 is 29.6 Å². The van der Waals surface area contributed by atoms with Gasteiger partial charge in [0.05, 0.1) is 0 Å². The van der Waals surface area contributed by atoms with Gasteiger partial charge in [-0.1, -0.05) is 144 Å². The Balaban J connectivity index is 0.00000130. The van der Waals surface area contributed by atoms with Gasteiger partial charge in [-0.25, -0.2) is 0 Å². The van der Waals surface area contributed by atoms with E-state index in [2.05, 4.69) is 133 Å². The maximum Gasteiger partial charge on any atom is 1.00 e. The molecule has 0 saturated heterocycles. The first-order chi connectivity index (χ1) is 15.4. The molecule has 0 spiro atoms. The molecule has 0 aromatic heterocycles. The number of hydrogen-bond donors (Lipinski definition) is 0. The van der Waals surface area contributed by atoms with E-state index >= 15 is 0 Å². The summed E-state index contributed by atoms with van der Waals surface area (Å²) in [5.74, 6) is 0. The van der Waals surface area contributed by atoms with E-state index < -0.39 is 8.07 Å². The van der Waals surface area contributed by atoms with Gasteiger partial charge in [-0.2, -0.15) is 0 Å². The van der Waals surface area contributed by atoms with Crippen LogP contribution in [0.3, 0.4) is 0 Å². The average molecular weight is 437 g/mol. The first-order valence-electron chi connectivity index (χ1n) is 11.0. The Kier molecular flexibility index (Phi) is 5.92. The standard InChI is InChI=1S/C30H24Si.Na.H/c1-3-13-25(14-4-1)31(26-15-5-2-6-16-26,29-21-19-23-11-7-9-17-27(23)29)30-22-20-24-12-8-10-18-28(24)30;;/h1-22,29-30H;;/q;+1;-1. The fourth-order valence-corrected chi connectivity index (χ4v) is 11.8. The second kappa shape index (κ2) is 8.84. The van der Waals surface area contributed by atoms with Gasteiger partial charge in [-0.3, -0.25) is 0 Å². The van der Waals surface area contributed by atoms with Gasteiger partial charge in [-0.05, 0) is 22.3 Å². The average Bonchev–Trinajstić information content (AvgIpc) is 3.47. The summed E-state index contributed by atoms with van der Waals surface area (Å²) >= 11 is 0. The van der Waals surface area contributed by atoms with Crippen molar-refractivity contribution in [2.24, 2.45) is 0 Å². The SMILES string of the molecule is C1=CC([Si](c2ccccc2)(c2ccccc2)C2C=Cc3ccccc32)c2ccccc21.[H-].[Na+]. The van der Waals surface area contributed by atoms with E-state index in [1.54, 1.807) is 0 Å². The molecule has 0 bridgehead atoms. The quantitative estimate of drug-likeness (QED) is 0.432. The Morgan fingerprint density at radius 1 is 0.469 bits per heavy atom. The van der Waals surface area contributed by atoms with Crippen LogP contribution in [0.5, 0.6) is 0 Å². The minimum Gasteiger partial charge on any atom is -1.00 e. The number of hydrogen-bond acceptors (Lipinski definition) is 0. The van der Waals surface area contributed by atoms with Gasteiger partial charge in [0.15, 0.2) is 0 Å². The number of allylic oxidation sites excluding steroid dienone is 2. The molecule has 0 N–H and O–H groups in total. The maximum absolute atomic E-state index is 2.49. The van der Waals surface area contributed by atoms with Gasteiger partial charge < -0.3 is 1.43 Å².